The van der Waals surface area contributed by atoms with Gasteiger partial charge in [0.2, 0.25) is 5.95 Å². The van der Waals surface area contributed by atoms with Gasteiger partial charge in [-0.3, -0.25) is 5.32 Å². The SMILES string of the molecule is CC(C)(C)OC(=O)N1CCN(C(=O)Nc2nc(CCl)c3cc(Br)ccc3n2)CC1. The van der Waals surface area contributed by atoms with Gasteiger partial charge in [0.05, 0.1) is 17.1 Å². The van der Waals surface area contributed by atoms with Gasteiger partial charge in [0.15, 0.2) is 0 Å². The van der Waals surface area contributed by atoms with Crippen LogP contribution in [0.4, 0.5) is 15.5 Å². The molecular weight excluding hydrogens is 462 g/mol. The summed E-state index contributed by atoms with van der Waals surface area (Å²) in [4.78, 5) is 36.8. The maximum absolute atomic E-state index is 12.6. The van der Waals surface area contributed by atoms with Gasteiger partial charge >= 0.3 is 12.1 Å². The Bertz CT molecular complexity index is 926. The molecule has 0 spiro atoms. The minimum absolute atomic E-state index is 0.201. The molecule has 1 N–H and O–H groups in total. The monoisotopic (exact) mass is 483 g/mol. The first kappa shape index (κ1) is 21.6. The van der Waals surface area contributed by atoms with E-state index in [2.05, 4.69) is 31.2 Å². The van der Waals surface area contributed by atoms with E-state index >= 15 is 0 Å². The Morgan fingerprint density at radius 3 is 2.45 bits per heavy atom. The van der Waals surface area contributed by atoms with Gasteiger partial charge in [0.25, 0.3) is 0 Å². The third-order valence-corrected chi connectivity index (χ3v) is 5.05. The van der Waals surface area contributed by atoms with Crippen molar-refractivity contribution in [1.82, 2.24) is 19.8 Å². The van der Waals surface area contributed by atoms with Crippen molar-refractivity contribution in [3.05, 3.63) is 28.4 Å². The summed E-state index contributed by atoms with van der Waals surface area (Å²) in [7, 11) is 0. The largest absolute Gasteiger partial charge is 0.444 e. The van der Waals surface area contributed by atoms with Crippen LogP contribution in [-0.2, 0) is 10.6 Å². The molecule has 156 valence electrons. The lowest BCUT2D eigenvalue weighted by atomic mass is 10.2. The van der Waals surface area contributed by atoms with E-state index in [0.717, 1.165) is 9.86 Å². The van der Waals surface area contributed by atoms with Crippen LogP contribution in [0.25, 0.3) is 10.9 Å². The zero-order valence-electron chi connectivity index (χ0n) is 16.5. The average Bonchev–Trinajstić information content (AvgIpc) is 2.66. The standard InChI is InChI=1S/C19H23BrClN5O3/c1-19(2,3)29-18(28)26-8-6-25(7-9-26)17(27)24-16-22-14-5-4-12(20)10-13(14)15(11-21)23-16/h4-5,10H,6-9,11H2,1-3H3,(H,22,23,24,27). The summed E-state index contributed by atoms with van der Waals surface area (Å²) in [5, 5.41) is 3.57. The molecule has 1 aliphatic rings. The van der Waals surface area contributed by atoms with Crippen molar-refractivity contribution in [2.24, 2.45) is 0 Å². The Balaban J connectivity index is 1.64. The lowest BCUT2D eigenvalue weighted by molar-refractivity contribution is 0.0174. The van der Waals surface area contributed by atoms with Crippen molar-refractivity contribution in [3.63, 3.8) is 0 Å². The van der Waals surface area contributed by atoms with Crippen LogP contribution in [0.3, 0.4) is 0 Å². The molecule has 1 aromatic heterocycles. The molecule has 3 rings (SSSR count). The molecule has 0 atom stereocenters. The van der Waals surface area contributed by atoms with Gasteiger partial charge in [-0.1, -0.05) is 15.9 Å². The zero-order valence-corrected chi connectivity index (χ0v) is 18.9. The number of benzene rings is 1. The van der Waals surface area contributed by atoms with Gasteiger partial charge in [-0.05, 0) is 39.0 Å². The normalized spacial score (nSPS) is 14.8. The first-order chi connectivity index (χ1) is 13.7. The first-order valence-electron chi connectivity index (χ1n) is 9.22. The molecule has 1 fully saturated rings. The summed E-state index contributed by atoms with van der Waals surface area (Å²) >= 11 is 9.45. The second kappa shape index (κ2) is 8.71. The number of piperazine rings is 1. The quantitative estimate of drug-likeness (QED) is 0.645. The Labute approximate surface area is 182 Å². The highest BCUT2D eigenvalue weighted by Crippen LogP contribution is 2.23. The van der Waals surface area contributed by atoms with E-state index in [4.69, 9.17) is 16.3 Å². The number of ether oxygens (including phenoxy) is 1. The molecule has 1 aliphatic heterocycles. The summed E-state index contributed by atoms with van der Waals surface area (Å²) in [6.07, 6.45) is -0.367. The predicted octanol–water partition coefficient (Wildman–Crippen LogP) is 4.22. The number of fused-ring (bicyclic) bond motifs is 1. The Kier molecular flexibility index (Phi) is 6.48. The fraction of sp³-hybridized carbons (Fsp3) is 0.474. The van der Waals surface area contributed by atoms with Crippen LogP contribution in [0.1, 0.15) is 26.5 Å². The second-order valence-electron chi connectivity index (χ2n) is 7.67. The van der Waals surface area contributed by atoms with Crippen LogP contribution < -0.4 is 5.32 Å². The van der Waals surface area contributed by atoms with Crippen molar-refractivity contribution < 1.29 is 14.3 Å². The number of halogens is 2. The fourth-order valence-corrected chi connectivity index (χ4v) is 3.48. The van der Waals surface area contributed by atoms with Crippen LogP contribution in [0, 0.1) is 0 Å². The third kappa shape index (κ3) is 5.48. The Hall–Kier alpha value is -2.13. The van der Waals surface area contributed by atoms with Gasteiger partial charge in [0, 0.05) is 36.0 Å². The van der Waals surface area contributed by atoms with E-state index in [1.165, 1.54) is 0 Å². The molecule has 0 radical (unpaired) electrons. The number of amides is 3. The van der Waals surface area contributed by atoms with Gasteiger partial charge in [-0.15, -0.1) is 11.6 Å². The number of anilines is 1. The van der Waals surface area contributed by atoms with E-state index < -0.39 is 5.60 Å². The van der Waals surface area contributed by atoms with Crippen molar-refractivity contribution in [3.8, 4) is 0 Å². The molecule has 10 heteroatoms. The number of hydrogen-bond donors (Lipinski definition) is 1. The fourth-order valence-electron chi connectivity index (χ4n) is 2.92. The Morgan fingerprint density at radius 1 is 1.17 bits per heavy atom. The predicted molar refractivity (Wildman–Crippen MR) is 115 cm³/mol. The highest BCUT2D eigenvalue weighted by molar-refractivity contribution is 9.10. The van der Waals surface area contributed by atoms with Crippen LogP contribution in [0.15, 0.2) is 22.7 Å². The maximum atomic E-state index is 12.6. The molecule has 0 bridgehead atoms. The molecule has 0 saturated carbocycles. The molecule has 0 unspecified atom stereocenters. The third-order valence-electron chi connectivity index (χ3n) is 4.30. The maximum Gasteiger partial charge on any atom is 0.410 e. The molecular formula is C19H23BrClN5O3. The number of aromatic nitrogens is 2. The van der Waals surface area contributed by atoms with E-state index in [9.17, 15) is 9.59 Å². The highest BCUT2D eigenvalue weighted by Gasteiger charge is 2.28. The zero-order chi connectivity index (χ0) is 21.2. The molecule has 2 aromatic rings. The number of urea groups is 1. The summed E-state index contributed by atoms with van der Waals surface area (Å²) in [5.74, 6) is 0.405. The second-order valence-corrected chi connectivity index (χ2v) is 8.86. The number of carbonyl (C=O) groups excluding carboxylic acids is 2. The number of nitrogens with one attached hydrogen (secondary N) is 1. The van der Waals surface area contributed by atoms with Crippen LogP contribution in [0.2, 0.25) is 0 Å². The molecule has 2 heterocycles. The number of rotatable bonds is 2. The number of carbonyl (C=O) groups is 2. The summed E-state index contributed by atoms with van der Waals surface area (Å²) in [5.41, 5.74) is 0.793. The van der Waals surface area contributed by atoms with E-state index in [1.807, 2.05) is 39.0 Å². The minimum Gasteiger partial charge on any atom is -0.444 e. The van der Waals surface area contributed by atoms with E-state index in [1.54, 1.807) is 9.80 Å². The molecule has 29 heavy (non-hydrogen) atoms. The smallest absolute Gasteiger partial charge is 0.410 e. The summed E-state index contributed by atoms with van der Waals surface area (Å²) in [6, 6.07) is 5.29. The van der Waals surface area contributed by atoms with E-state index in [-0.39, 0.29) is 24.0 Å². The molecule has 1 aromatic carbocycles. The lowest BCUT2D eigenvalue weighted by Gasteiger charge is -2.35. The highest BCUT2D eigenvalue weighted by atomic mass is 79.9. The average molecular weight is 485 g/mol. The summed E-state index contributed by atoms with van der Waals surface area (Å²) < 4.78 is 6.28. The molecule has 3 amide bonds. The molecule has 1 saturated heterocycles. The van der Waals surface area contributed by atoms with E-state index in [0.29, 0.717) is 37.4 Å². The van der Waals surface area contributed by atoms with Crippen molar-refractivity contribution in [1.29, 1.82) is 0 Å². The van der Waals surface area contributed by atoms with Crippen molar-refractivity contribution in [2.75, 3.05) is 31.5 Å². The van der Waals surface area contributed by atoms with Gasteiger partial charge < -0.3 is 14.5 Å². The Morgan fingerprint density at radius 2 is 1.83 bits per heavy atom. The van der Waals surface area contributed by atoms with Gasteiger partial charge in [0.1, 0.15) is 5.60 Å². The molecule has 8 nitrogen and oxygen atoms in total. The van der Waals surface area contributed by atoms with Crippen molar-refractivity contribution >= 4 is 56.5 Å². The van der Waals surface area contributed by atoms with Crippen molar-refractivity contribution in [2.45, 2.75) is 32.3 Å². The lowest BCUT2D eigenvalue weighted by Crippen LogP contribution is -2.52. The minimum atomic E-state index is -0.547. The van der Waals surface area contributed by atoms with Crippen LogP contribution in [-0.4, -0.2) is 63.7 Å². The number of alkyl halides is 1. The molecule has 0 aliphatic carbocycles. The topological polar surface area (TPSA) is 87.7 Å². The first-order valence-corrected chi connectivity index (χ1v) is 10.5. The number of nitrogens with zero attached hydrogens (tertiary/aromatic N) is 4. The van der Waals surface area contributed by atoms with Crippen LogP contribution >= 0.6 is 27.5 Å². The van der Waals surface area contributed by atoms with Gasteiger partial charge in [-0.2, -0.15) is 0 Å². The van der Waals surface area contributed by atoms with Crippen LogP contribution in [0.5, 0.6) is 0 Å². The number of hydrogen-bond acceptors (Lipinski definition) is 5. The summed E-state index contributed by atoms with van der Waals surface area (Å²) in [6.45, 7) is 7.08. The van der Waals surface area contributed by atoms with Gasteiger partial charge in [-0.25, -0.2) is 19.6 Å².